The van der Waals surface area contributed by atoms with Crippen molar-refractivity contribution in [3.05, 3.63) is 65.8 Å². The van der Waals surface area contributed by atoms with Crippen molar-refractivity contribution >= 4 is 11.7 Å². The molecule has 0 bridgehead atoms. The van der Waals surface area contributed by atoms with Crippen LogP contribution in [0.15, 0.2) is 47.0 Å². The topological polar surface area (TPSA) is 71.3 Å². The number of nitrogens with zero attached hydrogens (tertiary/aromatic N) is 3. The van der Waals surface area contributed by atoms with E-state index >= 15 is 0 Å². The summed E-state index contributed by atoms with van der Waals surface area (Å²) in [7, 11) is 0. The molecule has 1 fully saturated rings. The van der Waals surface area contributed by atoms with Gasteiger partial charge in [-0.15, -0.1) is 0 Å². The number of aromatic nitrogens is 2. The second-order valence-corrected chi connectivity index (χ2v) is 6.37. The summed E-state index contributed by atoms with van der Waals surface area (Å²) in [6.45, 7) is 0.473. The van der Waals surface area contributed by atoms with E-state index in [1.807, 2.05) is 0 Å². The molecule has 3 aromatic rings. The molecule has 2 heterocycles. The van der Waals surface area contributed by atoms with Gasteiger partial charge in [0.2, 0.25) is 11.7 Å². The molecule has 1 aliphatic heterocycles. The van der Waals surface area contributed by atoms with Crippen LogP contribution in [-0.4, -0.2) is 27.6 Å². The minimum absolute atomic E-state index is 0.0108. The molecule has 0 aliphatic carbocycles. The Morgan fingerprint density at radius 1 is 1.11 bits per heavy atom. The van der Waals surface area contributed by atoms with Gasteiger partial charge in [0.15, 0.2) is 0 Å². The van der Waals surface area contributed by atoms with E-state index in [4.69, 9.17) is 4.52 Å². The maximum Gasteiger partial charge on any atom is 0.322 e. The molecule has 0 radical (unpaired) electrons. The van der Waals surface area contributed by atoms with Crippen LogP contribution in [0, 0.1) is 17.5 Å². The molecule has 0 spiro atoms. The van der Waals surface area contributed by atoms with Crippen LogP contribution in [0.1, 0.15) is 24.8 Å². The number of urea groups is 1. The fourth-order valence-electron chi connectivity index (χ4n) is 3.15. The van der Waals surface area contributed by atoms with E-state index in [2.05, 4.69) is 15.5 Å². The number of benzene rings is 2. The molecule has 1 saturated heterocycles. The summed E-state index contributed by atoms with van der Waals surface area (Å²) >= 11 is 0. The van der Waals surface area contributed by atoms with Crippen molar-refractivity contribution in [2.45, 2.75) is 18.9 Å². The summed E-state index contributed by atoms with van der Waals surface area (Å²) in [5.74, 6) is -1.75. The van der Waals surface area contributed by atoms with Crippen molar-refractivity contribution in [2.75, 3.05) is 11.9 Å². The average molecular weight is 388 g/mol. The standard InChI is InChI=1S/C19H15F3N4O2/c20-11-3-6-13(7-4-11)23-19(27)26-9-1-2-16(26)18-24-17(25-28-18)14-8-5-12(21)10-15(14)22/h3-8,10,16H,1-2,9H2,(H,23,27)/t16-/m0/s1. The molecule has 4 rings (SSSR count). The van der Waals surface area contributed by atoms with Crippen molar-refractivity contribution in [2.24, 2.45) is 0 Å². The summed E-state index contributed by atoms with van der Waals surface area (Å²) in [5.41, 5.74) is 0.466. The van der Waals surface area contributed by atoms with Gasteiger partial charge < -0.3 is 14.7 Å². The Morgan fingerprint density at radius 3 is 2.61 bits per heavy atom. The molecule has 1 aromatic heterocycles. The lowest BCUT2D eigenvalue weighted by molar-refractivity contribution is 0.193. The highest BCUT2D eigenvalue weighted by molar-refractivity contribution is 5.89. The third-order valence-corrected chi connectivity index (χ3v) is 4.51. The molecule has 28 heavy (non-hydrogen) atoms. The maximum atomic E-state index is 13.9. The molecule has 9 heteroatoms. The van der Waals surface area contributed by atoms with Crippen LogP contribution < -0.4 is 5.32 Å². The summed E-state index contributed by atoms with van der Waals surface area (Å²) < 4.78 is 45.3. The quantitative estimate of drug-likeness (QED) is 0.716. The second kappa shape index (κ2) is 7.34. The van der Waals surface area contributed by atoms with Gasteiger partial charge in [0.25, 0.3) is 0 Å². The molecule has 1 N–H and O–H groups in total. The van der Waals surface area contributed by atoms with Crippen molar-refractivity contribution < 1.29 is 22.5 Å². The van der Waals surface area contributed by atoms with E-state index in [1.165, 1.54) is 35.2 Å². The Bertz CT molecular complexity index is 1010. The molecule has 1 atom stereocenters. The molecular weight excluding hydrogens is 373 g/mol. The summed E-state index contributed by atoms with van der Waals surface area (Å²) in [4.78, 5) is 18.3. The Morgan fingerprint density at radius 2 is 1.86 bits per heavy atom. The molecule has 0 saturated carbocycles. The van der Waals surface area contributed by atoms with Crippen LogP contribution in [0.25, 0.3) is 11.4 Å². The molecule has 1 aliphatic rings. The van der Waals surface area contributed by atoms with Crippen molar-refractivity contribution in [3.63, 3.8) is 0 Å². The van der Waals surface area contributed by atoms with E-state index in [1.54, 1.807) is 0 Å². The Hall–Kier alpha value is -3.36. The molecular formula is C19H15F3N4O2. The van der Waals surface area contributed by atoms with Gasteiger partial charge in [-0.25, -0.2) is 18.0 Å². The number of halogens is 3. The molecule has 2 aromatic carbocycles. The fourth-order valence-corrected chi connectivity index (χ4v) is 3.15. The third-order valence-electron chi connectivity index (χ3n) is 4.51. The number of anilines is 1. The first-order chi connectivity index (χ1) is 13.5. The first kappa shape index (κ1) is 18.0. The lowest BCUT2D eigenvalue weighted by atomic mass is 10.2. The third kappa shape index (κ3) is 3.55. The number of hydrogen-bond acceptors (Lipinski definition) is 4. The predicted octanol–water partition coefficient (Wildman–Crippen LogP) is 4.52. The van der Waals surface area contributed by atoms with Crippen molar-refractivity contribution in [3.8, 4) is 11.4 Å². The number of carbonyl (C=O) groups excluding carboxylic acids is 1. The number of amides is 2. The van der Waals surface area contributed by atoms with Gasteiger partial charge in [0.05, 0.1) is 5.56 Å². The van der Waals surface area contributed by atoms with E-state index in [0.717, 1.165) is 18.6 Å². The highest BCUT2D eigenvalue weighted by atomic mass is 19.1. The summed E-state index contributed by atoms with van der Waals surface area (Å²) in [6, 6.07) is 7.63. The first-order valence-corrected chi connectivity index (χ1v) is 8.63. The normalized spacial score (nSPS) is 16.4. The van der Waals surface area contributed by atoms with Crippen molar-refractivity contribution in [1.82, 2.24) is 15.0 Å². The van der Waals surface area contributed by atoms with Crippen LogP contribution in [0.4, 0.5) is 23.7 Å². The maximum absolute atomic E-state index is 13.9. The van der Waals surface area contributed by atoms with Gasteiger partial charge in [-0.05, 0) is 49.2 Å². The lowest BCUT2D eigenvalue weighted by Gasteiger charge is -2.22. The summed E-state index contributed by atoms with van der Waals surface area (Å²) in [6.07, 6.45) is 1.33. The number of hydrogen-bond donors (Lipinski definition) is 1. The SMILES string of the molecule is O=C(Nc1ccc(F)cc1)N1CCC[C@H]1c1nc(-c2ccc(F)cc2F)no1. The van der Waals surface area contributed by atoms with Crippen molar-refractivity contribution in [1.29, 1.82) is 0 Å². The van der Waals surface area contributed by atoms with Crippen LogP contribution >= 0.6 is 0 Å². The summed E-state index contributed by atoms with van der Waals surface area (Å²) in [5, 5.41) is 6.45. The zero-order valence-electron chi connectivity index (χ0n) is 14.5. The Kier molecular flexibility index (Phi) is 4.72. The van der Waals surface area contributed by atoms with Gasteiger partial charge in [0, 0.05) is 18.3 Å². The fraction of sp³-hybridized carbons (Fsp3) is 0.211. The zero-order valence-corrected chi connectivity index (χ0v) is 14.5. The van der Waals surface area contributed by atoms with Crippen LogP contribution in [0.3, 0.4) is 0 Å². The van der Waals surface area contributed by atoms with Gasteiger partial charge in [0.1, 0.15) is 23.5 Å². The lowest BCUT2D eigenvalue weighted by Crippen LogP contribution is -2.34. The van der Waals surface area contributed by atoms with Crippen LogP contribution in [0.5, 0.6) is 0 Å². The smallest absolute Gasteiger partial charge is 0.322 e. The number of rotatable bonds is 3. The Labute approximate surface area is 158 Å². The minimum atomic E-state index is -0.801. The Balaban J connectivity index is 1.53. The molecule has 0 unspecified atom stereocenters. The van der Waals surface area contributed by atoms with E-state index in [0.29, 0.717) is 18.7 Å². The first-order valence-electron chi connectivity index (χ1n) is 8.63. The van der Waals surface area contributed by atoms with Gasteiger partial charge in [-0.1, -0.05) is 5.16 Å². The molecule has 144 valence electrons. The van der Waals surface area contributed by atoms with Crippen LogP contribution in [0.2, 0.25) is 0 Å². The molecule has 2 amide bonds. The monoisotopic (exact) mass is 388 g/mol. The number of carbonyl (C=O) groups is 1. The van der Waals surface area contributed by atoms with Gasteiger partial charge in [-0.3, -0.25) is 0 Å². The van der Waals surface area contributed by atoms with Crippen LogP contribution in [-0.2, 0) is 0 Å². The van der Waals surface area contributed by atoms with E-state index in [9.17, 15) is 18.0 Å². The van der Waals surface area contributed by atoms with Gasteiger partial charge >= 0.3 is 6.03 Å². The number of nitrogens with one attached hydrogen (secondary N) is 1. The average Bonchev–Trinajstić information content (AvgIpc) is 3.32. The molecule has 6 nitrogen and oxygen atoms in total. The van der Waals surface area contributed by atoms with Gasteiger partial charge in [-0.2, -0.15) is 4.98 Å². The largest absolute Gasteiger partial charge is 0.337 e. The predicted molar refractivity (Wildman–Crippen MR) is 93.7 cm³/mol. The van der Waals surface area contributed by atoms with E-state index in [-0.39, 0.29) is 23.3 Å². The minimum Gasteiger partial charge on any atom is -0.337 e. The van der Waals surface area contributed by atoms with E-state index < -0.39 is 23.5 Å². The number of likely N-dealkylation sites (tertiary alicyclic amines) is 1. The highest BCUT2D eigenvalue weighted by Crippen LogP contribution is 2.33. The second-order valence-electron chi connectivity index (χ2n) is 6.37. The highest BCUT2D eigenvalue weighted by Gasteiger charge is 2.34. The zero-order chi connectivity index (χ0) is 19.7.